The molecule has 2 aromatic carbocycles. The molecule has 4 rings (SSSR count). The smallest absolute Gasteiger partial charge is 0.415 e. The number of benzene rings is 2. The average Bonchev–Trinajstić information content (AvgIpc) is 3.14. The SMILES string of the molecule is COC1=CCC([C@@H]2[C@@H](CC[C@H](O)c3ccc(F)cc3)OC(=O)N2c2ccc(F)cc2)C(O)=C1. The van der Waals surface area contributed by atoms with Crippen molar-refractivity contribution in [3.63, 3.8) is 0 Å². The normalized spacial score (nSPS) is 23.6. The van der Waals surface area contributed by atoms with Crippen molar-refractivity contribution in [2.75, 3.05) is 12.0 Å². The fourth-order valence-corrected chi connectivity index (χ4v) is 4.40. The van der Waals surface area contributed by atoms with Gasteiger partial charge in [0.05, 0.1) is 19.3 Å². The van der Waals surface area contributed by atoms with Gasteiger partial charge >= 0.3 is 6.09 Å². The Balaban J connectivity index is 1.59. The minimum atomic E-state index is -0.875. The number of cyclic esters (lactones) is 1. The molecule has 33 heavy (non-hydrogen) atoms. The lowest BCUT2D eigenvalue weighted by Gasteiger charge is -2.33. The van der Waals surface area contributed by atoms with Crippen LogP contribution in [0.5, 0.6) is 0 Å². The van der Waals surface area contributed by atoms with Crippen LogP contribution >= 0.6 is 0 Å². The third-order valence-corrected chi connectivity index (χ3v) is 6.10. The third-order valence-electron chi connectivity index (χ3n) is 6.10. The summed E-state index contributed by atoms with van der Waals surface area (Å²) in [7, 11) is 1.50. The molecule has 1 aliphatic carbocycles. The number of anilines is 1. The molecule has 2 N–H and O–H groups in total. The standard InChI is InChI=1S/C25H25F2NO5/c1-32-19-10-11-20(22(30)14-19)24-23(13-12-21(29)15-2-4-16(26)5-3-15)33-25(31)28(24)18-8-6-17(27)7-9-18/h2-10,14,20-21,23-24,29-30H,11-13H2,1H3/t20?,21-,23+,24+/m0/s1. The maximum absolute atomic E-state index is 13.5. The number of methoxy groups -OCH3 is 1. The van der Waals surface area contributed by atoms with Crippen LogP contribution in [0.15, 0.2) is 72.2 Å². The number of aliphatic hydroxyl groups excluding tert-OH is 2. The number of ether oxygens (including phenoxy) is 2. The highest BCUT2D eigenvalue weighted by atomic mass is 19.1. The summed E-state index contributed by atoms with van der Waals surface area (Å²) in [6.45, 7) is 0. The molecule has 0 saturated carbocycles. The molecule has 0 bridgehead atoms. The molecule has 6 nitrogen and oxygen atoms in total. The summed E-state index contributed by atoms with van der Waals surface area (Å²) < 4.78 is 37.5. The van der Waals surface area contributed by atoms with E-state index in [9.17, 15) is 23.8 Å². The van der Waals surface area contributed by atoms with Gasteiger partial charge in [-0.25, -0.2) is 13.6 Å². The lowest BCUT2D eigenvalue weighted by atomic mass is 9.84. The second-order valence-corrected chi connectivity index (χ2v) is 8.13. The molecule has 4 atom stereocenters. The number of rotatable bonds is 7. The van der Waals surface area contributed by atoms with Crippen LogP contribution in [-0.2, 0) is 9.47 Å². The molecule has 1 fully saturated rings. The van der Waals surface area contributed by atoms with Gasteiger partial charge in [0, 0.05) is 17.7 Å². The number of hydrogen-bond acceptors (Lipinski definition) is 5. The second kappa shape index (κ2) is 9.62. The molecular weight excluding hydrogens is 432 g/mol. The Hall–Kier alpha value is -3.39. The highest BCUT2D eigenvalue weighted by Gasteiger charge is 2.48. The fraction of sp³-hybridized carbons (Fsp3) is 0.320. The van der Waals surface area contributed by atoms with Crippen LogP contribution in [0.3, 0.4) is 0 Å². The molecule has 8 heteroatoms. The summed E-state index contributed by atoms with van der Waals surface area (Å²) >= 11 is 0. The van der Waals surface area contributed by atoms with Gasteiger partial charge in [0.25, 0.3) is 0 Å². The Morgan fingerprint density at radius 2 is 1.76 bits per heavy atom. The molecule has 1 saturated heterocycles. The van der Waals surface area contributed by atoms with Crippen LogP contribution in [-0.4, -0.2) is 35.6 Å². The van der Waals surface area contributed by atoms with Crippen LogP contribution in [0.1, 0.15) is 30.9 Å². The summed E-state index contributed by atoms with van der Waals surface area (Å²) in [5, 5.41) is 21.3. The second-order valence-electron chi connectivity index (χ2n) is 8.13. The first kappa shape index (κ1) is 22.8. The van der Waals surface area contributed by atoms with Gasteiger partial charge in [-0.05, 0) is 67.3 Å². The van der Waals surface area contributed by atoms with E-state index in [4.69, 9.17) is 9.47 Å². The van der Waals surface area contributed by atoms with Gasteiger partial charge in [0.2, 0.25) is 0 Å². The van der Waals surface area contributed by atoms with Crippen LogP contribution in [0.4, 0.5) is 19.3 Å². The molecule has 0 aromatic heterocycles. The van der Waals surface area contributed by atoms with Crippen LogP contribution in [0.2, 0.25) is 0 Å². The number of allylic oxidation sites excluding steroid dienone is 2. The molecule has 2 aromatic rings. The Morgan fingerprint density at radius 1 is 1.12 bits per heavy atom. The minimum absolute atomic E-state index is 0.0499. The van der Waals surface area contributed by atoms with Crippen molar-refractivity contribution in [2.45, 2.75) is 37.5 Å². The topological polar surface area (TPSA) is 79.2 Å². The summed E-state index contributed by atoms with van der Waals surface area (Å²) in [4.78, 5) is 14.3. The number of halogens is 2. The van der Waals surface area contributed by atoms with Crippen molar-refractivity contribution in [1.29, 1.82) is 0 Å². The van der Waals surface area contributed by atoms with Gasteiger partial charge in [0.1, 0.15) is 29.3 Å². The van der Waals surface area contributed by atoms with E-state index in [1.807, 2.05) is 6.08 Å². The van der Waals surface area contributed by atoms with Gasteiger partial charge in [-0.3, -0.25) is 4.90 Å². The first-order valence-electron chi connectivity index (χ1n) is 10.7. The highest BCUT2D eigenvalue weighted by molar-refractivity contribution is 5.91. The molecule has 1 heterocycles. The van der Waals surface area contributed by atoms with Crippen molar-refractivity contribution in [1.82, 2.24) is 0 Å². The number of carbonyl (C=O) groups is 1. The minimum Gasteiger partial charge on any atom is -0.512 e. The number of carbonyl (C=O) groups excluding carboxylic acids is 1. The van der Waals surface area contributed by atoms with E-state index in [-0.39, 0.29) is 12.2 Å². The largest absolute Gasteiger partial charge is 0.512 e. The van der Waals surface area contributed by atoms with E-state index in [1.165, 1.54) is 66.6 Å². The predicted molar refractivity (Wildman–Crippen MR) is 117 cm³/mol. The first-order valence-corrected chi connectivity index (χ1v) is 10.7. The van der Waals surface area contributed by atoms with Crippen molar-refractivity contribution in [2.24, 2.45) is 5.92 Å². The lowest BCUT2D eigenvalue weighted by Crippen LogP contribution is -2.44. The van der Waals surface area contributed by atoms with E-state index in [0.717, 1.165) is 0 Å². The maximum atomic E-state index is 13.5. The van der Waals surface area contributed by atoms with Gasteiger partial charge in [0.15, 0.2) is 0 Å². The lowest BCUT2D eigenvalue weighted by molar-refractivity contribution is 0.0910. The summed E-state index contributed by atoms with van der Waals surface area (Å²) in [6.07, 6.45) is 2.16. The summed E-state index contributed by atoms with van der Waals surface area (Å²) in [6, 6.07) is 10.5. The molecule has 1 aliphatic heterocycles. The third kappa shape index (κ3) is 4.85. The monoisotopic (exact) mass is 457 g/mol. The summed E-state index contributed by atoms with van der Waals surface area (Å²) in [5.41, 5.74) is 1.00. The summed E-state index contributed by atoms with van der Waals surface area (Å²) in [5.74, 6) is -0.739. The fourth-order valence-electron chi connectivity index (χ4n) is 4.40. The van der Waals surface area contributed by atoms with E-state index < -0.39 is 41.9 Å². The van der Waals surface area contributed by atoms with Crippen LogP contribution in [0, 0.1) is 17.6 Å². The maximum Gasteiger partial charge on any atom is 0.415 e. The van der Waals surface area contributed by atoms with Crippen molar-refractivity contribution in [3.05, 3.63) is 89.4 Å². The molecular formula is C25H25F2NO5. The Labute approximate surface area is 190 Å². The van der Waals surface area contributed by atoms with Crippen molar-refractivity contribution < 1.29 is 33.3 Å². The molecule has 1 amide bonds. The zero-order valence-corrected chi connectivity index (χ0v) is 18.0. The Bertz CT molecular complexity index is 1050. The van der Waals surface area contributed by atoms with Crippen LogP contribution in [0.25, 0.3) is 0 Å². The van der Waals surface area contributed by atoms with E-state index >= 15 is 0 Å². The van der Waals surface area contributed by atoms with Gasteiger partial charge < -0.3 is 19.7 Å². The molecule has 0 radical (unpaired) electrons. The highest BCUT2D eigenvalue weighted by Crippen LogP contribution is 2.39. The number of hydrogen-bond donors (Lipinski definition) is 2. The number of aliphatic hydroxyl groups is 2. The van der Waals surface area contributed by atoms with E-state index in [1.54, 1.807) is 0 Å². The zero-order valence-electron chi connectivity index (χ0n) is 18.0. The van der Waals surface area contributed by atoms with Crippen LogP contribution < -0.4 is 4.90 Å². The average molecular weight is 457 g/mol. The predicted octanol–water partition coefficient (Wildman–Crippen LogP) is 5.16. The van der Waals surface area contributed by atoms with Gasteiger partial charge in [-0.1, -0.05) is 12.1 Å². The molecule has 1 unspecified atom stereocenters. The molecule has 2 aliphatic rings. The Kier molecular flexibility index (Phi) is 6.65. The van der Waals surface area contributed by atoms with E-state index in [0.29, 0.717) is 29.9 Å². The number of nitrogens with zero attached hydrogens (tertiary/aromatic N) is 1. The van der Waals surface area contributed by atoms with E-state index in [2.05, 4.69) is 0 Å². The number of amides is 1. The van der Waals surface area contributed by atoms with Crippen molar-refractivity contribution >= 4 is 11.8 Å². The Morgan fingerprint density at radius 3 is 2.36 bits per heavy atom. The van der Waals surface area contributed by atoms with Gasteiger partial charge in [-0.2, -0.15) is 0 Å². The van der Waals surface area contributed by atoms with Crippen molar-refractivity contribution in [3.8, 4) is 0 Å². The molecule has 0 spiro atoms. The first-order chi connectivity index (χ1) is 15.9. The van der Waals surface area contributed by atoms with Gasteiger partial charge in [-0.15, -0.1) is 0 Å². The zero-order chi connectivity index (χ0) is 23.5. The molecule has 174 valence electrons. The quantitative estimate of drug-likeness (QED) is 0.600.